The molecule has 0 bridgehead atoms. The van der Waals surface area contributed by atoms with Crippen LogP contribution < -0.4 is 5.32 Å². The number of rotatable bonds is 3. The van der Waals surface area contributed by atoms with Crippen molar-refractivity contribution in [2.45, 2.75) is 31.8 Å². The molecule has 1 aliphatic heterocycles. The predicted molar refractivity (Wildman–Crippen MR) is 78.6 cm³/mol. The van der Waals surface area contributed by atoms with Crippen molar-refractivity contribution in [2.75, 3.05) is 13.6 Å². The number of hydrogen-bond acceptors (Lipinski definition) is 2. The highest BCUT2D eigenvalue weighted by Gasteiger charge is 2.23. The van der Waals surface area contributed by atoms with Crippen LogP contribution in [0, 0.1) is 0 Å². The minimum Gasteiger partial charge on any atom is -0.340 e. The van der Waals surface area contributed by atoms with E-state index in [1.54, 1.807) is 11.0 Å². The van der Waals surface area contributed by atoms with Crippen molar-refractivity contribution in [2.24, 2.45) is 0 Å². The first-order valence-corrected chi connectivity index (χ1v) is 7.25. The van der Waals surface area contributed by atoms with Gasteiger partial charge in [-0.25, -0.2) is 0 Å². The van der Waals surface area contributed by atoms with Gasteiger partial charge in [0.1, 0.15) is 0 Å². The van der Waals surface area contributed by atoms with Crippen molar-refractivity contribution >= 4 is 29.1 Å². The van der Waals surface area contributed by atoms with Crippen molar-refractivity contribution in [3.05, 3.63) is 33.8 Å². The standard InChI is InChI=1S/C14H18Cl2N2O/c1-18(14(19)13-4-2-3-5-17-13)9-10-6-11(15)8-12(16)7-10/h6-8,13,17H,2-5,9H2,1H3. The van der Waals surface area contributed by atoms with Crippen molar-refractivity contribution in [1.82, 2.24) is 10.2 Å². The van der Waals surface area contributed by atoms with E-state index in [9.17, 15) is 4.79 Å². The van der Waals surface area contributed by atoms with Gasteiger partial charge in [0, 0.05) is 23.6 Å². The molecule has 1 aromatic carbocycles. The van der Waals surface area contributed by atoms with Gasteiger partial charge >= 0.3 is 0 Å². The molecule has 0 saturated carbocycles. The fourth-order valence-electron chi connectivity index (χ4n) is 2.38. The van der Waals surface area contributed by atoms with E-state index in [-0.39, 0.29) is 11.9 Å². The molecule has 5 heteroatoms. The van der Waals surface area contributed by atoms with E-state index in [0.717, 1.165) is 31.4 Å². The zero-order valence-corrected chi connectivity index (χ0v) is 12.5. The molecule has 1 unspecified atom stereocenters. The summed E-state index contributed by atoms with van der Waals surface area (Å²) in [4.78, 5) is 14.0. The van der Waals surface area contributed by atoms with E-state index in [0.29, 0.717) is 16.6 Å². The number of nitrogens with one attached hydrogen (secondary N) is 1. The van der Waals surface area contributed by atoms with Gasteiger partial charge in [-0.2, -0.15) is 0 Å². The van der Waals surface area contributed by atoms with Gasteiger partial charge in [0.15, 0.2) is 0 Å². The van der Waals surface area contributed by atoms with Gasteiger partial charge < -0.3 is 10.2 Å². The number of benzene rings is 1. The van der Waals surface area contributed by atoms with Crippen LogP contribution in [0.5, 0.6) is 0 Å². The fourth-order valence-corrected chi connectivity index (χ4v) is 2.95. The summed E-state index contributed by atoms with van der Waals surface area (Å²) in [5.74, 6) is 0.135. The molecule has 1 atom stereocenters. The lowest BCUT2D eigenvalue weighted by molar-refractivity contribution is -0.133. The number of carbonyl (C=O) groups excluding carboxylic acids is 1. The topological polar surface area (TPSA) is 32.3 Å². The van der Waals surface area contributed by atoms with Crippen molar-refractivity contribution in [3.8, 4) is 0 Å². The van der Waals surface area contributed by atoms with E-state index in [1.165, 1.54) is 0 Å². The molecule has 19 heavy (non-hydrogen) atoms. The first-order chi connectivity index (χ1) is 9.06. The molecule has 1 amide bonds. The first kappa shape index (κ1) is 14.6. The summed E-state index contributed by atoms with van der Waals surface area (Å²) >= 11 is 11.9. The monoisotopic (exact) mass is 300 g/mol. The molecule has 2 rings (SSSR count). The Bertz CT molecular complexity index is 439. The zero-order chi connectivity index (χ0) is 13.8. The molecule has 1 fully saturated rings. The number of carbonyl (C=O) groups is 1. The first-order valence-electron chi connectivity index (χ1n) is 6.49. The summed E-state index contributed by atoms with van der Waals surface area (Å²) in [6, 6.07) is 5.32. The summed E-state index contributed by atoms with van der Waals surface area (Å²) in [6.45, 7) is 1.45. The summed E-state index contributed by atoms with van der Waals surface area (Å²) < 4.78 is 0. The average molecular weight is 301 g/mol. The molecule has 0 aromatic heterocycles. The molecule has 0 aliphatic carbocycles. The number of nitrogens with zero attached hydrogens (tertiary/aromatic N) is 1. The van der Waals surface area contributed by atoms with Crippen LogP contribution in [0.15, 0.2) is 18.2 Å². The van der Waals surface area contributed by atoms with E-state index >= 15 is 0 Å². The molecular weight excluding hydrogens is 283 g/mol. The minimum atomic E-state index is -0.0478. The van der Waals surface area contributed by atoms with E-state index in [1.807, 2.05) is 19.2 Å². The highest BCUT2D eigenvalue weighted by molar-refractivity contribution is 6.34. The number of hydrogen-bond donors (Lipinski definition) is 1. The molecule has 0 radical (unpaired) electrons. The smallest absolute Gasteiger partial charge is 0.239 e. The second-order valence-corrected chi connectivity index (χ2v) is 5.85. The fraction of sp³-hybridized carbons (Fsp3) is 0.500. The van der Waals surface area contributed by atoms with Crippen LogP contribution in [0.3, 0.4) is 0 Å². The number of amides is 1. The molecule has 3 nitrogen and oxygen atoms in total. The highest BCUT2D eigenvalue weighted by Crippen LogP contribution is 2.20. The third-order valence-electron chi connectivity index (χ3n) is 3.33. The SMILES string of the molecule is CN(Cc1cc(Cl)cc(Cl)c1)C(=O)C1CCCCN1. The van der Waals surface area contributed by atoms with Gasteiger partial charge in [-0.15, -0.1) is 0 Å². The van der Waals surface area contributed by atoms with Gasteiger partial charge in [-0.05, 0) is 43.1 Å². The Hall–Kier alpha value is -0.770. The van der Waals surface area contributed by atoms with Crippen molar-refractivity contribution in [3.63, 3.8) is 0 Å². The summed E-state index contributed by atoms with van der Waals surface area (Å²) in [7, 11) is 1.81. The molecule has 104 valence electrons. The molecule has 1 saturated heterocycles. The molecule has 1 aliphatic rings. The lowest BCUT2D eigenvalue weighted by Crippen LogP contribution is -2.46. The van der Waals surface area contributed by atoms with Gasteiger partial charge in [0.25, 0.3) is 0 Å². The van der Waals surface area contributed by atoms with Crippen LogP contribution in [0.4, 0.5) is 0 Å². The van der Waals surface area contributed by atoms with Gasteiger partial charge in [-0.3, -0.25) is 4.79 Å². The zero-order valence-electron chi connectivity index (χ0n) is 11.0. The van der Waals surface area contributed by atoms with E-state index in [2.05, 4.69) is 5.32 Å². The summed E-state index contributed by atoms with van der Waals surface area (Å²) in [5.41, 5.74) is 0.948. The molecule has 1 heterocycles. The Morgan fingerprint density at radius 2 is 2.00 bits per heavy atom. The van der Waals surface area contributed by atoms with Crippen LogP contribution in [-0.2, 0) is 11.3 Å². The average Bonchev–Trinajstić information content (AvgIpc) is 2.37. The second-order valence-electron chi connectivity index (χ2n) is 4.97. The molecule has 0 spiro atoms. The molecular formula is C14H18Cl2N2O. The summed E-state index contributed by atoms with van der Waals surface area (Å²) in [6.07, 6.45) is 3.18. The number of likely N-dealkylation sites (N-methyl/N-ethyl adjacent to an activating group) is 1. The van der Waals surface area contributed by atoms with Crippen LogP contribution in [0.1, 0.15) is 24.8 Å². The number of piperidine rings is 1. The Morgan fingerprint density at radius 3 is 2.58 bits per heavy atom. The van der Waals surface area contributed by atoms with Crippen LogP contribution >= 0.6 is 23.2 Å². The van der Waals surface area contributed by atoms with E-state index < -0.39 is 0 Å². The van der Waals surface area contributed by atoms with Crippen LogP contribution in [0.25, 0.3) is 0 Å². The van der Waals surface area contributed by atoms with Gasteiger partial charge in [-0.1, -0.05) is 29.6 Å². The third kappa shape index (κ3) is 4.10. The van der Waals surface area contributed by atoms with Crippen molar-refractivity contribution in [1.29, 1.82) is 0 Å². The van der Waals surface area contributed by atoms with Gasteiger partial charge in [0.2, 0.25) is 5.91 Å². The lowest BCUT2D eigenvalue weighted by atomic mass is 10.0. The molecule has 1 N–H and O–H groups in total. The Balaban J connectivity index is 1.99. The lowest BCUT2D eigenvalue weighted by Gasteiger charge is -2.27. The third-order valence-corrected chi connectivity index (χ3v) is 3.76. The van der Waals surface area contributed by atoms with Gasteiger partial charge in [0.05, 0.1) is 6.04 Å². The van der Waals surface area contributed by atoms with Crippen LogP contribution in [0.2, 0.25) is 10.0 Å². The Labute approximate surface area is 123 Å². The summed E-state index contributed by atoms with van der Waals surface area (Å²) in [5, 5.41) is 4.46. The molecule has 1 aromatic rings. The highest BCUT2D eigenvalue weighted by atomic mass is 35.5. The van der Waals surface area contributed by atoms with E-state index in [4.69, 9.17) is 23.2 Å². The normalized spacial score (nSPS) is 19.2. The second kappa shape index (κ2) is 6.60. The number of halogens is 2. The van der Waals surface area contributed by atoms with Crippen LogP contribution in [-0.4, -0.2) is 30.4 Å². The maximum Gasteiger partial charge on any atom is 0.239 e. The minimum absolute atomic E-state index is 0.0478. The predicted octanol–water partition coefficient (Wildman–Crippen LogP) is 3.09. The maximum absolute atomic E-state index is 12.3. The largest absolute Gasteiger partial charge is 0.340 e. The Kier molecular flexibility index (Phi) is 5.08. The Morgan fingerprint density at radius 1 is 1.32 bits per heavy atom. The van der Waals surface area contributed by atoms with Crippen molar-refractivity contribution < 1.29 is 4.79 Å². The maximum atomic E-state index is 12.3. The quantitative estimate of drug-likeness (QED) is 0.930.